The number of nitrogens with one attached hydrogen (secondary N) is 1. The molecule has 2 heterocycles. The van der Waals surface area contributed by atoms with Crippen LogP contribution in [0.15, 0.2) is 70.4 Å². The normalized spacial score (nSPS) is 12.6. The van der Waals surface area contributed by atoms with E-state index >= 15 is 0 Å². The molecule has 2 aromatic carbocycles. The third-order valence-electron chi connectivity index (χ3n) is 3.77. The van der Waals surface area contributed by atoms with Crippen LogP contribution in [0.5, 0.6) is 0 Å². The number of aromatic nitrogens is 3. The Morgan fingerprint density at radius 3 is 2.65 bits per heavy atom. The van der Waals surface area contributed by atoms with Gasteiger partial charge >= 0.3 is 0 Å². The van der Waals surface area contributed by atoms with Gasteiger partial charge < -0.3 is 9.40 Å². The van der Waals surface area contributed by atoms with E-state index < -0.39 is 0 Å². The summed E-state index contributed by atoms with van der Waals surface area (Å²) in [5.41, 5.74) is 3.24. The van der Waals surface area contributed by atoms with Gasteiger partial charge in [0.15, 0.2) is 0 Å². The van der Waals surface area contributed by atoms with E-state index in [0.29, 0.717) is 11.1 Å². The highest BCUT2D eigenvalue weighted by molar-refractivity contribution is 7.99. The molecule has 0 radical (unpaired) electrons. The number of nitrogens with zero attached hydrogens (tertiary/aromatic N) is 2. The molecule has 0 saturated heterocycles. The molecule has 0 aliphatic carbocycles. The lowest BCUT2D eigenvalue weighted by Gasteiger charge is -2.07. The van der Waals surface area contributed by atoms with Crippen molar-refractivity contribution in [1.82, 2.24) is 15.2 Å². The highest BCUT2D eigenvalue weighted by Gasteiger charge is 2.16. The van der Waals surface area contributed by atoms with Gasteiger partial charge in [-0.3, -0.25) is 0 Å². The predicted octanol–water partition coefficient (Wildman–Crippen LogP) is 5.07. The van der Waals surface area contributed by atoms with Crippen molar-refractivity contribution in [2.45, 2.75) is 17.4 Å². The van der Waals surface area contributed by atoms with Crippen molar-refractivity contribution in [2.75, 3.05) is 0 Å². The molecule has 5 heteroatoms. The second kappa shape index (κ2) is 5.93. The Bertz CT molecular complexity index is 930. The summed E-state index contributed by atoms with van der Waals surface area (Å²) in [6, 6.07) is 18.4. The Morgan fingerprint density at radius 2 is 1.78 bits per heavy atom. The van der Waals surface area contributed by atoms with Gasteiger partial charge in [-0.25, -0.2) is 0 Å². The Balaban J connectivity index is 1.60. The zero-order valence-electron chi connectivity index (χ0n) is 12.6. The second-order valence-corrected chi connectivity index (χ2v) is 6.58. The van der Waals surface area contributed by atoms with E-state index in [1.54, 1.807) is 11.8 Å². The summed E-state index contributed by atoms with van der Waals surface area (Å²) in [6.45, 7) is 2.13. The Kier molecular flexibility index (Phi) is 3.63. The third-order valence-corrected chi connectivity index (χ3v) is 4.77. The van der Waals surface area contributed by atoms with Crippen LogP contribution in [0.3, 0.4) is 0 Å². The van der Waals surface area contributed by atoms with Crippen LogP contribution in [0.1, 0.15) is 17.7 Å². The van der Waals surface area contributed by atoms with Crippen LogP contribution >= 0.6 is 11.8 Å². The molecule has 0 amide bonds. The molecule has 1 N–H and O–H groups in total. The van der Waals surface area contributed by atoms with E-state index in [-0.39, 0.29) is 5.25 Å². The summed E-state index contributed by atoms with van der Waals surface area (Å²) in [5, 5.41) is 10.3. The minimum Gasteiger partial charge on any atom is -0.411 e. The fourth-order valence-electron chi connectivity index (χ4n) is 2.56. The van der Waals surface area contributed by atoms with Crippen LogP contribution in [0.2, 0.25) is 0 Å². The summed E-state index contributed by atoms with van der Waals surface area (Å²) >= 11 is 1.57. The first-order chi connectivity index (χ1) is 11.3. The minimum atomic E-state index is 0.257. The maximum absolute atomic E-state index is 5.85. The van der Waals surface area contributed by atoms with Crippen molar-refractivity contribution in [1.29, 1.82) is 0 Å². The standard InChI is InChI=1S/C18H15N3OS/c1-12(13-7-3-2-4-8-13)23-18-21-20-17(22-18)15-11-19-16-10-6-5-9-14(15)16/h2-12,19H,1H3/t12-/m0/s1. The number of hydrogen-bond donors (Lipinski definition) is 1. The number of hydrogen-bond acceptors (Lipinski definition) is 4. The Labute approximate surface area is 137 Å². The van der Waals surface area contributed by atoms with Gasteiger partial charge in [-0.1, -0.05) is 60.3 Å². The Hall–Kier alpha value is -2.53. The van der Waals surface area contributed by atoms with Gasteiger partial charge in [0.2, 0.25) is 0 Å². The summed E-state index contributed by atoms with van der Waals surface area (Å²) in [7, 11) is 0. The number of thioether (sulfide) groups is 1. The van der Waals surface area contributed by atoms with Crippen molar-refractivity contribution < 1.29 is 4.42 Å². The van der Waals surface area contributed by atoms with Crippen molar-refractivity contribution in [3.05, 3.63) is 66.4 Å². The molecule has 0 saturated carbocycles. The number of benzene rings is 2. The van der Waals surface area contributed by atoms with Gasteiger partial charge in [0.25, 0.3) is 11.1 Å². The maximum Gasteiger partial charge on any atom is 0.277 e. The number of H-pyrrole nitrogens is 1. The van der Waals surface area contributed by atoms with Gasteiger partial charge in [0.05, 0.1) is 5.56 Å². The van der Waals surface area contributed by atoms with Gasteiger partial charge in [0, 0.05) is 22.3 Å². The zero-order chi connectivity index (χ0) is 15.6. The highest BCUT2D eigenvalue weighted by Crippen LogP contribution is 2.36. The fraction of sp³-hybridized carbons (Fsp3) is 0.111. The lowest BCUT2D eigenvalue weighted by Crippen LogP contribution is -1.87. The molecule has 4 rings (SSSR count). The molecule has 0 aliphatic heterocycles. The quantitative estimate of drug-likeness (QED) is 0.533. The molecule has 4 aromatic rings. The number of fused-ring (bicyclic) bond motifs is 1. The highest BCUT2D eigenvalue weighted by atomic mass is 32.2. The SMILES string of the molecule is C[C@H](Sc1nnc(-c2c[nH]c3ccccc23)o1)c1ccccc1. The molecule has 0 fully saturated rings. The van der Waals surface area contributed by atoms with E-state index in [2.05, 4.69) is 34.2 Å². The lowest BCUT2D eigenvalue weighted by atomic mass is 10.2. The molecule has 4 nitrogen and oxygen atoms in total. The largest absolute Gasteiger partial charge is 0.411 e. The number of aromatic amines is 1. The first kappa shape index (κ1) is 14.1. The molecule has 2 aromatic heterocycles. The van der Waals surface area contributed by atoms with Crippen molar-refractivity contribution >= 4 is 22.7 Å². The summed E-state index contributed by atoms with van der Waals surface area (Å²) < 4.78 is 5.85. The molecular weight excluding hydrogens is 306 g/mol. The Morgan fingerprint density at radius 1 is 1.00 bits per heavy atom. The fourth-order valence-corrected chi connectivity index (χ4v) is 3.37. The minimum absolute atomic E-state index is 0.257. The van der Waals surface area contributed by atoms with Crippen molar-refractivity contribution in [3.63, 3.8) is 0 Å². The summed E-state index contributed by atoms with van der Waals surface area (Å²) in [5.74, 6) is 0.546. The van der Waals surface area contributed by atoms with Crippen LogP contribution in [0, 0.1) is 0 Å². The van der Waals surface area contributed by atoms with Gasteiger partial charge in [-0.2, -0.15) is 0 Å². The van der Waals surface area contributed by atoms with Crippen LogP contribution in [-0.2, 0) is 0 Å². The molecule has 0 bridgehead atoms. The van der Waals surface area contributed by atoms with Gasteiger partial charge in [-0.05, 0) is 18.6 Å². The molecule has 0 unspecified atom stereocenters. The predicted molar refractivity (Wildman–Crippen MR) is 92.3 cm³/mol. The average molecular weight is 321 g/mol. The molecule has 114 valence electrons. The second-order valence-electron chi connectivity index (χ2n) is 5.29. The monoisotopic (exact) mass is 321 g/mol. The van der Waals surface area contributed by atoms with Crippen LogP contribution in [0.4, 0.5) is 0 Å². The summed E-state index contributed by atoms with van der Waals surface area (Å²) in [4.78, 5) is 3.23. The van der Waals surface area contributed by atoms with Crippen LogP contribution in [-0.4, -0.2) is 15.2 Å². The lowest BCUT2D eigenvalue weighted by molar-refractivity contribution is 0.465. The molecule has 23 heavy (non-hydrogen) atoms. The van der Waals surface area contributed by atoms with E-state index in [0.717, 1.165) is 16.5 Å². The van der Waals surface area contributed by atoms with E-state index in [4.69, 9.17) is 4.42 Å². The number of rotatable bonds is 4. The molecule has 1 atom stereocenters. The van der Waals surface area contributed by atoms with E-state index in [9.17, 15) is 0 Å². The van der Waals surface area contributed by atoms with Crippen LogP contribution in [0.25, 0.3) is 22.4 Å². The molecule has 0 aliphatic rings. The topological polar surface area (TPSA) is 54.7 Å². The maximum atomic E-state index is 5.85. The molecular formula is C18H15N3OS. The van der Waals surface area contributed by atoms with E-state index in [1.807, 2.05) is 48.7 Å². The van der Waals surface area contributed by atoms with E-state index in [1.165, 1.54) is 5.56 Å². The number of para-hydroxylation sites is 1. The third kappa shape index (κ3) is 2.75. The summed E-state index contributed by atoms with van der Waals surface area (Å²) in [6.07, 6.45) is 1.91. The average Bonchev–Trinajstić information content (AvgIpc) is 3.22. The first-order valence-electron chi connectivity index (χ1n) is 7.43. The van der Waals surface area contributed by atoms with Gasteiger partial charge in [-0.15, -0.1) is 10.2 Å². The smallest absolute Gasteiger partial charge is 0.277 e. The molecule has 0 spiro atoms. The zero-order valence-corrected chi connectivity index (χ0v) is 13.4. The van der Waals surface area contributed by atoms with Crippen molar-refractivity contribution in [2.24, 2.45) is 0 Å². The van der Waals surface area contributed by atoms with Gasteiger partial charge in [0.1, 0.15) is 0 Å². The first-order valence-corrected chi connectivity index (χ1v) is 8.31. The van der Waals surface area contributed by atoms with Crippen LogP contribution < -0.4 is 0 Å². The van der Waals surface area contributed by atoms with Crippen molar-refractivity contribution in [3.8, 4) is 11.5 Å².